The largest absolute Gasteiger partial charge is 0.458 e. The molecule has 2 nitrogen and oxygen atoms in total. The first-order chi connectivity index (χ1) is 7.77. The average Bonchev–Trinajstić information content (AvgIpc) is 2.34. The number of esters is 1. The summed E-state index contributed by atoms with van der Waals surface area (Å²) < 4.78 is 4.94. The zero-order valence-corrected chi connectivity index (χ0v) is 9.74. The molecule has 0 aromatic heterocycles. The molecule has 0 aliphatic carbocycles. The maximum absolute atomic E-state index is 11.5. The van der Waals surface area contributed by atoms with Crippen LogP contribution in [0.15, 0.2) is 36.9 Å². The van der Waals surface area contributed by atoms with Crippen LogP contribution in [0.25, 0.3) is 0 Å². The Morgan fingerprint density at radius 3 is 2.62 bits per heavy atom. The fraction of sp³-hybridized carbons (Fsp3) is 0.357. The number of rotatable bonds is 6. The van der Waals surface area contributed by atoms with Gasteiger partial charge in [0.15, 0.2) is 0 Å². The van der Waals surface area contributed by atoms with Crippen LogP contribution in [0.5, 0.6) is 0 Å². The van der Waals surface area contributed by atoms with Crippen LogP contribution in [-0.2, 0) is 11.2 Å². The molecular weight excluding hydrogens is 200 g/mol. The zero-order valence-electron chi connectivity index (χ0n) is 9.74. The topological polar surface area (TPSA) is 26.3 Å². The van der Waals surface area contributed by atoms with E-state index in [4.69, 9.17) is 4.74 Å². The van der Waals surface area contributed by atoms with Crippen molar-refractivity contribution in [3.8, 4) is 0 Å². The maximum Gasteiger partial charge on any atom is 0.338 e. The van der Waals surface area contributed by atoms with Crippen molar-refractivity contribution >= 4 is 5.97 Å². The van der Waals surface area contributed by atoms with Crippen molar-refractivity contribution in [3.63, 3.8) is 0 Å². The molecule has 0 aliphatic rings. The Labute approximate surface area is 96.9 Å². The SMILES string of the molecule is C=CCOC(=O)c1ccc(CCCC)cc1. The molecular formula is C14H18O2. The lowest BCUT2D eigenvalue weighted by Crippen LogP contribution is -2.04. The Hall–Kier alpha value is -1.57. The number of unbranched alkanes of at least 4 members (excludes halogenated alkanes) is 1. The summed E-state index contributed by atoms with van der Waals surface area (Å²) in [4.78, 5) is 11.5. The molecule has 1 aromatic rings. The second-order valence-corrected chi connectivity index (χ2v) is 3.69. The van der Waals surface area contributed by atoms with E-state index in [1.165, 1.54) is 18.4 Å². The third-order valence-electron chi connectivity index (χ3n) is 2.34. The predicted octanol–water partition coefficient (Wildman–Crippen LogP) is 3.37. The molecule has 0 aliphatic heterocycles. The third-order valence-corrected chi connectivity index (χ3v) is 2.34. The van der Waals surface area contributed by atoms with E-state index in [0.717, 1.165) is 6.42 Å². The Bertz CT molecular complexity index is 338. The van der Waals surface area contributed by atoms with Gasteiger partial charge in [0, 0.05) is 0 Å². The van der Waals surface area contributed by atoms with Gasteiger partial charge in [-0.15, -0.1) is 0 Å². The van der Waals surface area contributed by atoms with E-state index < -0.39 is 0 Å². The predicted molar refractivity (Wildman–Crippen MR) is 65.5 cm³/mol. The maximum atomic E-state index is 11.5. The summed E-state index contributed by atoms with van der Waals surface area (Å²) in [7, 11) is 0. The van der Waals surface area contributed by atoms with E-state index >= 15 is 0 Å². The van der Waals surface area contributed by atoms with E-state index in [9.17, 15) is 4.79 Å². The Balaban J connectivity index is 2.56. The minimum absolute atomic E-state index is 0.260. The monoisotopic (exact) mass is 218 g/mol. The normalized spacial score (nSPS) is 9.81. The van der Waals surface area contributed by atoms with Crippen LogP contribution in [0.1, 0.15) is 35.7 Å². The van der Waals surface area contributed by atoms with Gasteiger partial charge in [-0.1, -0.05) is 38.1 Å². The van der Waals surface area contributed by atoms with E-state index in [-0.39, 0.29) is 12.6 Å². The molecule has 2 heteroatoms. The molecule has 86 valence electrons. The first-order valence-corrected chi connectivity index (χ1v) is 5.65. The highest BCUT2D eigenvalue weighted by Crippen LogP contribution is 2.08. The van der Waals surface area contributed by atoms with Crippen molar-refractivity contribution in [1.82, 2.24) is 0 Å². The molecule has 0 bridgehead atoms. The lowest BCUT2D eigenvalue weighted by molar-refractivity contribution is 0.0550. The summed E-state index contributed by atoms with van der Waals surface area (Å²) in [5.41, 5.74) is 1.87. The van der Waals surface area contributed by atoms with E-state index in [0.29, 0.717) is 5.56 Å². The van der Waals surface area contributed by atoms with Crippen LogP contribution in [0.3, 0.4) is 0 Å². The molecule has 0 amide bonds. The van der Waals surface area contributed by atoms with Crippen LogP contribution >= 0.6 is 0 Å². The van der Waals surface area contributed by atoms with Gasteiger partial charge in [0.1, 0.15) is 6.61 Å². The Kier molecular flexibility index (Phi) is 5.34. The van der Waals surface area contributed by atoms with Crippen molar-refractivity contribution in [2.24, 2.45) is 0 Å². The van der Waals surface area contributed by atoms with Crippen molar-refractivity contribution in [2.75, 3.05) is 6.61 Å². The first kappa shape index (κ1) is 12.5. The number of hydrogen-bond acceptors (Lipinski definition) is 2. The van der Waals surface area contributed by atoms with Crippen LogP contribution < -0.4 is 0 Å². The molecule has 0 unspecified atom stereocenters. The average molecular weight is 218 g/mol. The minimum atomic E-state index is -0.290. The van der Waals surface area contributed by atoms with Crippen LogP contribution in [0.2, 0.25) is 0 Å². The molecule has 1 aromatic carbocycles. The molecule has 16 heavy (non-hydrogen) atoms. The van der Waals surface area contributed by atoms with Crippen molar-refractivity contribution < 1.29 is 9.53 Å². The summed E-state index contributed by atoms with van der Waals surface area (Å²) >= 11 is 0. The number of benzene rings is 1. The van der Waals surface area contributed by atoms with Gasteiger partial charge in [-0.25, -0.2) is 4.79 Å². The molecule has 0 spiro atoms. The second kappa shape index (κ2) is 6.83. The number of ether oxygens (including phenoxy) is 1. The summed E-state index contributed by atoms with van der Waals surface area (Å²) in [5.74, 6) is -0.290. The molecule has 0 heterocycles. The van der Waals surface area contributed by atoms with E-state index in [2.05, 4.69) is 13.5 Å². The second-order valence-electron chi connectivity index (χ2n) is 3.69. The van der Waals surface area contributed by atoms with Crippen LogP contribution in [0.4, 0.5) is 0 Å². The highest BCUT2D eigenvalue weighted by Gasteiger charge is 2.05. The number of aryl methyl sites for hydroxylation is 1. The van der Waals surface area contributed by atoms with E-state index in [1.807, 2.05) is 24.3 Å². The van der Waals surface area contributed by atoms with Gasteiger partial charge in [0.05, 0.1) is 5.56 Å². The van der Waals surface area contributed by atoms with Gasteiger partial charge in [-0.05, 0) is 30.5 Å². The fourth-order valence-electron chi connectivity index (χ4n) is 1.41. The highest BCUT2D eigenvalue weighted by molar-refractivity contribution is 5.89. The number of carbonyl (C=O) groups excluding carboxylic acids is 1. The van der Waals surface area contributed by atoms with Gasteiger partial charge in [-0.2, -0.15) is 0 Å². The van der Waals surface area contributed by atoms with E-state index in [1.54, 1.807) is 6.08 Å². The summed E-state index contributed by atoms with van der Waals surface area (Å²) in [6, 6.07) is 7.60. The quantitative estimate of drug-likeness (QED) is 0.540. The molecule has 0 saturated heterocycles. The molecule has 1 rings (SSSR count). The van der Waals surface area contributed by atoms with Crippen molar-refractivity contribution in [1.29, 1.82) is 0 Å². The van der Waals surface area contributed by atoms with Crippen LogP contribution in [0, 0.1) is 0 Å². The van der Waals surface area contributed by atoms with Crippen LogP contribution in [-0.4, -0.2) is 12.6 Å². The molecule has 0 radical (unpaired) electrons. The summed E-state index contributed by atoms with van der Waals surface area (Å²) in [6.45, 7) is 5.92. The summed E-state index contributed by atoms with van der Waals surface area (Å²) in [5, 5.41) is 0. The summed E-state index contributed by atoms with van der Waals surface area (Å²) in [6.07, 6.45) is 5.00. The minimum Gasteiger partial charge on any atom is -0.458 e. The third kappa shape index (κ3) is 3.89. The Morgan fingerprint density at radius 1 is 1.38 bits per heavy atom. The number of hydrogen-bond donors (Lipinski definition) is 0. The lowest BCUT2D eigenvalue weighted by Gasteiger charge is -2.03. The lowest BCUT2D eigenvalue weighted by atomic mass is 10.1. The van der Waals surface area contributed by atoms with Crippen molar-refractivity contribution in [2.45, 2.75) is 26.2 Å². The molecule has 0 fully saturated rings. The Morgan fingerprint density at radius 2 is 2.06 bits per heavy atom. The zero-order chi connectivity index (χ0) is 11.8. The fourth-order valence-corrected chi connectivity index (χ4v) is 1.41. The van der Waals surface area contributed by atoms with Gasteiger partial charge in [-0.3, -0.25) is 0 Å². The van der Waals surface area contributed by atoms with Crippen molar-refractivity contribution in [3.05, 3.63) is 48.0 Å². The molecule has 0 N–H and O–H groups in total. The first-order valence-electron chi connectivity index (χ1n) is 5.65. The highest BCUT2D eigenvalue weighted by atomic mass is 16.5. The standard InChI is InChI=1S/C14H18O2/c1-3-5-6-12-7-9-13(10-8-12)14(15)16-11-4-2/h4,7-10H,2-3,5-6,11H2,1H3. The molecule has 0 saturated carbocycles. The van der Waals surface area contributed by atoms with Gasteiger partial charge in [0.2, 0.25) is 0 Å². The molecule has 0 atom stereocenters. The number of carbonyl (C=O) groups is 1. The van der Waals surface area contributed by atoms with Gasteiger partial charge in [0.25, 0.3) is 0 Å². The van der Waals surface area contributed by atoms with Gasteiger partial charge >= 0.3 is 5.97 Å². The van der Waals surface area contributed by atoms with Gasteiger partial charge < -0.3 is 4.74 Å². The smallest absolute Gasteiger partial charge is 0.338 e.